The van der Waals surface area contributed by atoms with Gasteiger partial charge in [0.2, 0.25) is 0 Å². The largest absolute Gasteiger partial charge is 0.462 e. The van der Waals surface area contributed by atoms with E-state index in [2.05, 4.69) is 9.13 Å². The summed E-state index contributed by atoms with van der Waals surface area (Å²) in [6.07, 6.45) is 0.963. The van der Waals surface area contributed by atoms with Gasteiger partial charge in [0.1, 0.15) is 17.2 Å². The molecule has 0 N–H and O–H groups in total. The Morgan fingerprint density at radius 3 is 2.46 bits per heavy atom. The predicted octanol–water partition coefficient (Wildman–Crippen LogP) is 1.08. The molecule has 0 saturated heterocycles. The van der Waals surface area contributed by atoms with E-state index < -0.39 is 21.7 Å². The molecule has 0 aliphatic heterocycles. The van der Waals surface area contributed by atoms with Gasteiger partial charge >= 0.3 is 5.97 Å². The van der Waals surface area contributed by atoms with Crippen LogP contribution in [0.5, 0.6) is 0 Å². The van der Waals surface area contributed by atoms with Crippen LogP contribution < -0.4 is 0 Å². The molecule has 0 bridgehead atoms. The molecular formula is C8H15NO3S. The van der Waals surface area contributed by atoms with Crippen LogP contribution in [-0.4, -0.2) is 27.7 Å². The van der Waals surface area contributed by atoms with Crippen molar-refractivity contribution >= 4 is 23.2 Å². The SMILES string of the molecule is CCOC(=O)/C=N\[S@@](=O)C(C)(C)C. The highest BCUT2D eigenvalue weighted by Crippen LogP contribution is 2.11. The monoisotopic (exact) mass is 205 g/mol. The maximum absolute atomic E-state index is 11.3. The zero-order valence-corrected chi connectivity index (χ0v) is 9.18. The average molecular weight is 205 g/mol. The molecule has 1 atom stereocenters. The van der Waals surface area contributed by atoms with Gasteiger partial charge in [0, 0.05) is 0 Å². The Labute approximate surface area is 81.0 Å². The summed E-state index contributed by atoms with van der Waals surface area (Å²) in [6, 6.07) is 0. The number of nitrogens with zero attached hydrogens (tertiary/aromatic N) is 1. The number of hydrogen-bond donors (Lipinski definition) is 0. The molecule has 76 valence electrons. The van der Waals surface area contributed by atoms with Gasteiger partial charge in [-0.1, -0.05) is 0 Å². The topological polar surface area (TPSA) is 55.7 Å². The molecule has 13 heavy (non-hydrogen) atoms. The Kier molecular flexibility index (Phi) is 4.83. The third-order valence-electron chi connectivity index (χ3n) is 1.06. The molecule has 0 aromatic rings. The average Bonchev–Trinajstić information content (AvgIpc) is 1.99. The van der Waals surface area contributed by atoms with Crippen LogP contribution in [0.15, 0.2) is 4.40 Å². The van der Waals surface area contributed by atoms with Crippen LogP contribution in [-0.2, 0) is 20.5 Å². The molecule has 0 unspecified atom stereocenters. The number of rotatable bonds is 3. The fourth-order valence-corrected chi connectivity index (χ4v) is 0.927. The predicted molar refractivity (Wildman–Crippen MR) is 53.0 cm³/mol. The highest BCUT2D eigenvalue weighted by molar-refractivity contribution is 7.85. The van der Waals surface area contributed by atoms with Crippen molar-refractivity contribution in [3.05, 3.63) is 0 Å². The van der Waals surface area contributed by atoms with Crippen molar-refractivity contribution in [2.24, 2.45) is 4.40 Å². The summed E-state index contributed by atoms with van der Waals surface area (Å²) in [5, 5.41) is 0. The summed E-state index contributed by atoms with van der Waals surface area (Å²) in [4.78, 5) is 10.8. The minimum atomic E-state index is -1.39. The number of carbonyl (C=O) groups is 1. The zero-order chi connectivity index (χ0) is 10.5. The lowest BCUT2D eigenvalue weighted by Crippen LogP contribution is -2.20. The Balaban J connectivity index is 4.13. The molecule has 0 aromatic heterocycles. The molecule has 0 amide bonds. The standard InChI is InChI=1S/C8H15NO3S/c1-5-12-7(10)6-9-13(11)8(2,3)4/h6H,5H2,1-4H3/b9-6-/t13-/m0/s1. The number of hydrogen-bond acceptors (Lipinski definition) is 3. The molecule has 0 heterocycles. The molecule has 0 aliphatic rings. The summed E-state index contributed by atoms with van der Waals surface area (Å²) < 4.78 is 19.0. The lowest BCUT2D eigenvalue weighted by Gasteiger charge is -2.12. The highest BCUT2D eigenvalue weighted by atomic mass is 32.2. The lowest BCUT2D eigenvalue weighted by atomic mass is 10.3. The van der Waals surface area contributed by atoms with Gasteiger partial charge in [-0.3, -0.25) is 0 Å². The van der Waals surface area contributed by atoms with Gasteiger partial charge in [0.25, 0.3) is 0 Å². The van der Waals surface area contributed by atoms with E-state index in [0.717, 1.165) is 6.21 Å². The quantitative estimate of drug-likeness (QED) is 0.512. The summed E-state index contributed by atoms with van der Waals surface area (Å²) in [5.74, 6) is -0.555. The minimum Gasteiger partial charge on any atom is -0.462 e. The lowest BCUT2D eigenvalue weighted by molar-refractivity contribution is -0.134. The molecule has 0 aliphatic carbocycles. The molecular weight excluding hydrogens is 190 g/mol. The second kappa shape index (κ2) is 5.11. The van der Waals surface area contributed by atoms with Crippen molar-refractivity contribution in [3.8, 4) is 0 Å². The van der Waals surface area contributed by atoms with Crippen molar-refractivity contribution < 1.29 is 13.7 Å². The Hall–Kier alpha value is -0.710. The van der Waals surface area contributed by atoms with Crippen molar-refractivity contribution in [1.82, 2.24) is 0 Å². The van der Waals surface area contributed by atoms with E-state index in [-0.39, 0.29) is 0 Å². The number of esters is 1. The molecule has 0 aromatic carbocycles. The zero-order valence-electron chi connectivity index (χ0n) is 8.36. The summed E-state index contributed by atoms with van der Waals surface area (Å²) in [7, 11) is -1.39. The molecule has 4 nitrogen and oxygen atoms in total. The van der Waals surface area contributed by atoms with Gasteiger partial charge in [-0.2, -0.15) is 4.40 Å². The van der Waals surface area contributed by atoms with Gasteiger partial charge in [0.05, 0.1) is 11.4 Å². The number of ether oxygens (including phenoxy) is 1. The number of carbonyl (C=O) groups excluding carboxylic acids is 1. The summed E-state index contributed by atoms with van der Waals surface area (Å²) in [6.45, 7) is 7.35. The van der Waals surface area contributed by atoms with Crippen molar-refractivity contribution in [2.45, 2.75) is 32.4 Å². The molecule has 0 fully saturated rings. The van der Waals surface area contributed by atoms with Gasteiger partial charge in [-0.05, 0) is 27.7 Å². The van der Waals surface area contributed by atoms with E-state index in [1.54, 1.807) is 27.7 Å². The fraction of sp³-hybridized carbons (Fsp3) is 0.750. The first-order valence-corrected chi connectivity index (χ1v) is 5.11. The summed E-state index contributed by atoms with van der Waals surface area (Å²) >= 11 is 0. The van der Waals surface area contributed by atoms with Gasteiger partial charge < -0.3 is 4.74 Å². The maximum atomic E-state index is 11.3. The third kappa shape index (κ3) is 5.52. The van der Waals surface area contributed by atoms with Crippen LogP contribution in [0, 0.1) is 0 Å². The van der Waals surface area contributed by atoms with Crippen LogP contribution >= 0.6 is 0 Å². The summed E-state index contributed by atoms with van der Waals surface area (Å²) in [5.41, 5.74) is 0. The van der Waals surface area contributed by atoms with E-state index in [1.165, 1.54) is 0 Å². The van der Waals surface area contributed by atoms with Gasteiger partial charge in [-0.15, -0.1) is 0 Å². The molecule has 0 rings (SSSR count). The van der Waals surface area contributed by atoms with E-state index >= 15 is 0 Å². The van der Waals surface area contributed by atoms with E-state index in [0.29, 0.717) is 6.61 Å². The van der Waals surface area contributed by atoms with Gasteiger partial charge in [-0.25, -0.2) is 9.00 Å². The second-order valence-electron chi connectivity index (χ2n) is 3.35. The van der Waals surface area contributed by atoms with Crippen LogP contribution in [0.2, 0.25) is 0 Å². The first-order valence-electron chi connectivity index (χ1n) is 4.00. The van der Waals surface area contributed by atoms with E-state index in [9.17, 15) is 9.00 Å². The van der Waals surface area contributed by atoms with Crippen molar-refractivity contribution in [3.63, 3.8) is 0 Å². The first kappa shape index (κ1) is 12.3. The Bertz CT molecular complexity index is 230. The van der Waals surface area contributed by atoms with E-state index in [4.69, 9.17) is 0 Å². The molecule has 0 spiro atoms. The smallest absolute Gasteiger partial charge is 0.350 e. The van der Waals surface area contributed by atoms with Crippen LogP contribution in [0.4, 0.5) is 0 Å². The normalized spacial score (nSPS) is 14.5. The van der Waals surface area contributed by atoms with Crippen LogP contribution in [0.1, 0.15) is 27.7 Å². The Morgan fingerprint density at radius 2 is 2.08 bits per heavy atom. The van der Waals surface area contributed by atoms with Gasteiger partial charge in [0.15, 0.2) is 0 Å². The first-order chi connectivity index (χ1) is 5.88. The second-order valence-corrected chi connectivity index (χ2v) is 5.28. The molecule has 0 saturated carbocycles. The van der Waals surface area contributed by atoms with Crippen molar-refractivity contribution in [2.75, 3.05) is 6.61 Å². The fourth-order valence-electron chi connectivity index (χ4n) is 0.429. The van der Waals surface area contributed by atoms with Crippen LogP contribution in [0.3, 0.4) is 0 Å². The third-order valence-corrected chi connectivity index (χ3v) is 2.41. The minimum absolute atomic E-state index is 0.299. The maximum Gasteiger partial charge on any atom is 0.350 e. The van der Waals surface area contributed by atoms with Crippen molar-refractivity contribution in [1.29, 1.82) is 0 Å². The van der Waals surface area contributed by atoms with Crippen LogP contribution in [0.25, 0.3) is 0 Å². The molecule has 5 heteroatoms. The highest BCUT2D eigenvalue weighted by Gasteiger charge is 2.18. The van der Waals surface area contributed by atoms with E-state index in [1.807, 2.05) is 0 Å². The molecule has 0 radical (unpaired) electrons. The Morgan fingerprint density at radius 1 is 1.54 bits per heavy atom.